The van der Waals surface area contributed by atoms with Gasteiger partial charge in [0, 0.05) is 23.3 Å². The van der Waals surface area contributed by atoms with Crippen molar-refractivity contribution in [2.45, 2.75) is 46.2 Å². The van der Waals surface area contributed by atoms with E-state index >= 15 is 0 Å². The van der Waals surface area contributed by atoms with E-state index in [4.69, 9.17) is 11.6 Å². The van der Waals surface area contributed by atoms with Gasteiger partial charge >= 0.3 is 0 Å². The average molecular weight is 306 g/mol. The lowest BCUT2D eigenvalue weighted by Crippen LogP contribution is -2.23. The molecule has 0 aliphatic carbocycles. The highest BCUT2D eigenvalue weighted by atomic mass is 35.5. The first-order chi connectivity index (χ1) is 10.2. The van der Waals surface area contributed by atoms with Gasteiger partial charge in [-0.25, -0.2) is 0 Å². The van der Waals surface area contributed by atoms with Crippen molar-refractivity contribution in [1.29, 1.82) is 0 Å². The van der Waals surface area contributed by atoms with E-state index in [0.29, 0.717) is 0 Å². The third-order valence-electron chi connectivity index (χ3n) is 3.59. The zero-order chi connectivity index (χ0) is 15.2. The molecule has 1 aromatic heterocycles. The van der Waals surface area contributed by atoms with Gasteiger partial charge in [0.2, 0.25) is 0 Å². The standard InChI is InChI=1S/C17H24ClN3/c1-4-8-19-17(14-11-20-21(12-14)9-5-2)16-10-15(18)7-6-13(16)3/h6-7,10-12,17,19H,4-5,8-9H2,1-3H3. The second-order valence-electron chi connectivity index (χ2n) is 5.42. The summed E-state index contributed by atoms with van der Waals surface area (Å²) in [5.74, 6) is 0. The summed E-state index contributed by atoms with van der Waals surface area (Å²) in [5.41, 5.74) is 3.67. The first kappa shape index (κ1) is 16.1. The van der Waals surface area contributed by atoms with Crippen LogP contribution in [0, 0.1) is 6.92 Å². The molecule has 0 amide bonds. The molecule has 0 saturated heterocycles. The van der Waals surface area contributed by atoms with Gasteiger partial charge in [-0.05, 0) is 49.6 Å². The Morgan fingerprint density at radius 1 is 1.29 bits per heavy atom. The predicted molar refractivity (Wildman–Crippen MR) is 88.8 cm³/mol. The number of nitrogens with one attached hydrogen (secondary N) is 1. The zero-order valence-corrected chi connectivity index (χ0v) is 13.8. The number of hydrogen-bond acceptors (Lipinski definition) is 2. The lowest BCUT2D eigenvalue weighted by molar-refractivity contribution is 0.587. The molecule has 0 saturated carbocycles. The van der Waals surface area contributed by atoms with Gasteiger partial charge in [-0.2, -0.15) is 5.10 Å². The van der Waals surface area contributed by atoms with Crippen molar-refractivity contribution in [3.05, 3.63) is 52.3 Å². The summed E-state index contributed by atoms with van der Waals surface area (Å²) in [6.07, 6.45) is 6.28. The smallest absolute Gasteiger partial charge is 0.0611 e. The van der Waals surface area contributed by atoms with Gasteiger partial charge in [0.1, 0.15) is 0 Å². The van der Waals surface area contributed by atoms with Gasteiger partial charge < -0.3 is 5.32 Å². The quantitative estimate of drug-likeness (QED) is 0.824. The van der Waals surface area contributed by atoms with Gasteiger partial charge in [-0.1, -0.05) is 31.5 Å². The minimum absolute atomic E-state index is 0.147. The van der Waals surface area contributed by atoms with E-state index in [2.05, 4.69) is 49.5 Å². The molecular formula is C17H24ClN3. The minimum atomic E-state index is 0.147. The summed E-state index contributed by atoms with van der Waals surface area (Å²) in [5, 5.41) is 8.85. The van der Waals surface area contributed by atoms with Crippen LogP contribution in [0.2, 0.25) is 5.02 Å². The Kier molecular flexibility index (Phi) is 5.83. The molecule has 114 valence electrons. The van der Waals surface area contributed by atoms with E-state index in [1.807, 2.05) is 16.9 Å². The Morgan fingerprint density at radius 3 is 2.81 bits per heavy atom. The van der Waals surface area contributed by atoms with Crippen LogP contribution in [-0.4, -0.2) is 16.3 Å². The topological polar surface area (TPSA) is 29.9 Å². The minimum Gasteiger partial charge on any atom is -0.306 e. The molecule has 1 N–H and O–H groups in total. The molecule has 1 heterocycles. The van der Waals surface area contributed by atoms with Crippen molar-refractivity contribution in [3.8, 4) is 0 Å². The lowest BCUT2D eigenvalue weighted by Gasteiger charge is -2.20. The van der Waals surface area contributed by atoms with Crippen LogP contribution in [0.4, 0.5) is 0 Å². The number of hydrogen-bond donors (Lipinski definition) is 1. The Bertz CT molecular complexity index is 577. The van der Waals surface area contributed by atoms with Crippen LogP contribution in [0.5, 0.6) is 0 Å². The van der Waals surface area contributed by atoms with Gasteiger partial charge in [0.25, 0.3) is 0 Å². The van der Waals surface area contributed by atoms with Crippen molar-refractivity contribution in [1.82, 2.24) is 15.1 Å². The van der Waals surface area contributed by atoms with E-state index in [0.717, 1.165) is 31.0 Å². The first-order valence-corrected chi connectivity index (χ1v) is 8.05. The Balaban J connectivity index is 2.34. The van der Waals surface area contributed by atoms with E-state index in [-0.39, 0.29) is 6.04 Å². The van der Waals surface area contributed by atoms with Crippen molar-refractivity contribution < 1.29 is 0 Å². The lowest BCUT2D eigenvalue weighted by atomic mass is 9.97. The fraction of sp³-hybridized carbons (Fsp3) is 0.471. The molecule has 1 atom stereocenters. The van der Waals surface area contributed by atoms with Crippen LogP contribution in [0.15, 0.2) is 30.6 Å². The number of nitrogens with zero attached hydrogens (tertiary/aromatic N) is 2. The number of halogens is 1. The normalized spacial score (nSPS) is 12.6. The number of benzene rings is 1. The maximum Gasteiger partial charge on any atom is 0.0611 e. The van der Waals surface area contributed by atoms with Crippen LogP contribution in [0.1, 0.15) is 49.4 Å². The maximum absolute atomic E-state index is 6.19. The van der Waals surface area contributed by atoms with Gasteiger partial charge in [-0.3, -0.25) is 4.68 Å². The van der Waals surface area contributed by atoms with Crippen LogP contribution in [0.25, 0.3) is 0 Å². The Hall–Kier alpha value is -1.32. The molecule has 4 heteroatoms. The fourth-order valence-corrected chi connectivity index (χ4v) is 2.68. The molecule has 1 aromatic carbocycles. The second kappa shape index (κ2) is 7.62. The third-order valence-corrected chi connectivity index (χ3v) is 3.83. The molecular weight excluding hydrogens is 282 g/mol. The van der Waals surface area contributed by atoms with Crippen LogP contribution in [0.3, 0.4) is 0 Å². The summed E-state index contributed by atoms with van der Waals surface area (Å²) >= 11 is 6.19. The molecule has 0 fully saturated rings. The predicted octanol–water partition coefficient (Wildman–Crippen LogP) is 4.34. The Morgan fingerprint density at radius 2 is 2.10 bits per heavy atom. The SMILES string of the molecule is CCCNC(c1cnn(CCC)c1)c1cc(Cl)ccc1C. The van der Waals surface area contributed by atoms with Gasteiger partial charge in [0.15, 0.2) is 0 Å². The number of rotatable bonds is 7. The highest BCUT2D eigenvalue weighted by Crippen LogP contribution is 2.27. The molecule has 0 spiro atoms. The zero-order valence-electron chi connectivity index (χ0n) is 13.1. The largest absolute Gasteiger partial charge is 0.306 e. The molecule has 1 unspecified atom stereocenters. The highest BCUT2D eigenvalue weighted by molar-refractivity contribution is 6.30. The molecule has 3 nitrogen and oxygen atoms in total. The van der Waals surface area contributed by atoms with Crippen LogP contribution >= 0.6 is 11.6 Å². The molecule has 21 heavy (non-hydrogen) atoms. The van der Waals surface area contributed by atoms with Gasteiger partial charge in [-0.15, -0.1) is 0 Å². The molecule has 0 radical (unpaired) electrons. The summed E-state index contributed by atoms with van der Waals surface area (Å²) in [6, 6.07) is 6.22. The summed E-state index contributed by atoms with van der Waals surface area (Å²) in [6.45, 7) is 8.39. The van der Waals surface area contributed by atoms with Crippen LogP contribution < -0.4 is 5.32 Å². The average Bonchev–Trinajstić information content (AvgIpc) is 2.92. The molecule has 0 bridgehead atoms. The van der Waals surface area contributed by atoms with E-state index in [1.165, 1.54) is 16.7 Å². The second-order valence-corrected chi connectivity index (χ2v) is 5.86. The van der Waals surface area contributed by atoms with E-state index < -0.39 is 0 Å². The van der Waals surface area contributed by atoms with Crippen LogP contribution in [-0.2, 0) is 6.54 Å². The summed E-state index contributed by atoms with van der Waals surface area (Å²) < 4.78 is 2.01. The number of aryl methyl sites for hydroxylation is 2. The third kappa shape index (κ3) is 4.08. The van der Waals surface area contributed by atoms with Crippen molar-refractivity contribution >= 4 is 11.6 Å². The Labute approximate surface area is 132 Å². The summed E-state index contributed by atoms with van der Waals surface area (Å²) in [7, 11) is 0. The van der Waals surface area contributed by atoms with Crippen molar-refractivity contribution in [2.75, 3.05) is 6.54 Å². The first-order valence-electron chi connectivity index (χ1n) is 7.67. The monoisotopic (exact) mass is 305 g/mol. The molecule has 2 aromatic rings. The fourth-order valence-electron chi connectivity index (χ4n) is 2.50. The van der Waals surface area contributed by atoms with E-state index in [1.54, 1.807) is 0 Å². The summed E-state index contributed by atoms with van der Waals surface area (Å²) in [4.78, 5) is 0. The molecule has 2 rings (SSSR count). The highest BCUT2D eigenvalue weighted by Gasteiger charge is 2.17. The van der Waals surface area contributed by atoms with Gasteiger partial charge in [0.05, 0.1) is 12.2 Å². The maximum atomic E-state index is 6.19. The molecule has 0 aliphatic rings. The molecule has 0 aliphatic heterocycles. The van der Waals surface area contributed by atoms with Crippen molar-refractivity contribution in [3.63, 3.8) is 0 Å². The number of aromatic nitrogens is 2. The van der Waals surface area contributed by atoms with E-state index in [9.17, 15) is 0 Å². The van der Waals surface area contributed by atoms with Crippen molar-refractivity contribution in [2.24, 2.45) is 0 Å².